The Kier molecular flexibility index (Phi) is 4.06. The molecule has 2 rings (SSSR count). The molecule has 0 unspecified atom stereocenters. The lowest BCUT2D eigenvalue weighted by Gasteiger charge is -2.10. The van der Waals surface area contributed by atoms with Crippen molar-refractivity contribution < 1.29 is 9.32 Å². The van der Waals surface area contributed by atoms with E-state index in [2.05, 4.69) is 15.8 Å². The molecule has 1 aromatic carbocycles. The summed E-state index contributed by atoms with van der Waals surface area (Å²) in [6.45, 7) is 4.45. The number of anilines is 2. The molecular formula is C13H14ClN3O2. The third kappa shape index (κ3) is 3.26. The predicted octanol–water partition coefficient (Wildman–Crippen LogP) is 3.32. The average molecular weight is 280 g/mol. The van der Waals surface area contributed by atoms with Crippen LogP contribution in [0, 0.1) is 6.92 Å². The minimum atomic E-state index is -0.297. The summed E-state index contributed by atoms with van der Waals surface area (Å²) in [5.74, 6) is 0.0134. The normalized spacial score (nSPS) is 10.3. The summed E-state index contributed by atoms with van der Waals surface area (Å²) in [5, 5.41) is 9.96. The Morgan fingerprint density at radius 2 is 2.21 bits per heavy atom. The maximum Gasteiger partial charge on any atom is 0.260 e. The molecule has 2 aromatic rings. The molecule has 0 bridgehead atoms. The number of rotatable bonds is 4. The van der Waals surface area contributed by atoms with Gasteiger partial charge in [0.2, 0.25) is 5.88 Å². The van der Waals surface area contributed by atoms with Crippen LogP contribution in [0.4, 0.5) is 11.6 Å². The van der Waals surface area contributed by atoms with Crippen molar-refractivity contribution in [2.24, 2.45) is 0 Å². The Balaban J connectivity index is 2.24. The molecule has 2 N–H and O–H groups in total. The van der Waals surface area contributed by atoms with Gasteiger partial charge in [-0.15, -0.1) is 0 Å². The Morgan fingerprint density at radius 1 is 1.42 bits per heavy atom. The van der Waals surface area contributed by atoms with Crippen molar-refractivity contribution in [1.82, 2.24) is 5.16 Å². The second-order valence-corrected chi connectivity index (χ2v) is 4.44. The molecule has 1 aromatic heterocycles. The van der Waals surface area contributed by atoms with Crippen LogP contribution in [0.15, 0.2) is 28.8 Å². The highest BCUT2D eigenvalue weighted by atomic mass is 35.5. The van der Waals surface area contributed by atoms with Gasteiger partial charge in [0.05, 0.1) is 11.3 Å². The Hall–Kier alpha value is -2.01. The SMILES string of the molecule is CCNc1ccc(Cl)cc1C(=O)Nc1cc(C)no1. The first kappa shape index (κ1) is 13.4. The van der Waals surface area contributed by atoms with E-state index >= 15 is 0 Å². The van der Waals surface area contributed by atoms with Gasteiger partial charge in [0, 0.05) is 23.3 Å². The van der Waals surface area contributed by atoms with Crippen molar-refractivity contribution in [3.8, 4) is 0 Å². The maximum absolute atomic E-state index is 12.2. The van der Waals surface area contributed by atoms with Gasteiger partial charge < -0.3 is 9.84 Å². The number of nitrogens with one attached hydrogen (secondary N) is 2. The van der Waals surface area contributed by atoms with Gasteiger partial charge in [-0.2, -0.15) is 0 Å². The van der Waals surface area contributed by atoms with Crippen LogP contribution in [-0.2, 0) is 0 Å². The molecule has 0 saturated heterocycles. The lowest BCUT2D eigenvalue weighted by atomic mass is 10.1. The number of carbonyl (C=O) groups excluding carboxylic acids is 1. The number of benzene rings is 1. The number of aryl methyl sites for hydroxylation is 1. The van der Waals surface area contributed by atoms with E-state index in [-0.39, 0.29) is 5.91 Å². The summed E-state index contributed by atoms with van der Waals surface area (Å²) in [4.78, 5) is 12.2. The van der Waals surface area contributed by atoms with Crippen LogP contribution in [0.1, 0.15) is 23.0 Å². The van der Waals surface area contributed by atoms with Crippen molar-refractivity contribution in [2.45, 2.75) is 13.8 Å². The number of nitrogens with zero attached hydrogens (tertiary/aromatic N) is 1. The van der Waals surface area contributed by atoms with Crippen LogP contribution >= 0.6 is 11.6 Å². The zero-order chi connectivity index (χ0) is 13.8. The third-order valence-corrected chi connectivity index (χ3v) is 2.69. The van der Waals surface area contributed by atoms with Gasteiger partial charge in [-0.05, 0) is 32.0 Å². The summed E-state index contributed by atoms with van der Waals surface area (Å²) >= 11 is 5.92. The van der Waals surface area contributed by atoms with Crippen LogP contribution < -0.4 is 10.6 Å². The molecule has 0 spiro atoms. The molecule has 0 fully saturated rings. The standard InChI is InChI=1S/C13H14ClN3O2/c1-3-15-11-5-4-9(14)7-10(11)13(18)16-12-6-8(2)17-19-12/h4-7,15H,3H2,1-2H3,(H,16,18). The number of hydrogen-bond acceptors (Lipinski definition) is 4. The number of halogens is 1. The largest absolute Gasteiger partial charge is 0.385 e. The van der Waals surface area contributed by atoms with Crippen molar-refractivity contribution in [1.29, 1.82) is 0 Å². The number of aromatic nitrogens is 1. The second kappa shape index (κ2) is 5.75. The second-order valence-electron chi connectivity index (χ2n) is 4.01. The predicted molar refractivity (Wildman–Crippen MR) is 74.8 cm³/mol. The van der Waals surface area contributed by atoms with Gasteiger partial charge in [-0.3, -0.25) is 10.1 Å². The van der Waals surface area contributed by atoms with Gasteiger partial charge in [-0.25, -0.2) is 0 Å². The van der Waals surface area contributed by atoms with Crippen molar-refractivity contribution >= 4 is 29.1 Å². The first-order chi connectivity index (χ1) is 9.10. The molecule has 19 heavy (non-hydrogen) atoms. The lowest BCUT2D eigenvalue weighted by molar-refractivity contribution is 0.102. The van der Waals surface area contributed by atoms with Gasteiger partial charge >= 0.3 is 0 Å². The number of hydrogen-bond donors (Lipinski definition) is 2. The first-order valence-corrected chi connectivity index (χ1v) is 6.26. The van der Waals surface area contributed by atoms with Crippen LogP contribution in [0.2, 0.25) is 5.02 Å². The summed E-state index contributed by atoms with van der Waals surface area (Å²) in [6.07, 6.45) is 0. The fourth-order valence-electron chi connectivity index (χ4n) is 1.65. The molecule has 1 amide bonds. The summed E-state index contributed by atoms with van der Waals surface area (Å²) in [6, 6.07) is 6.76. The average Bonchev–Trinajstić information content (AvgIpc) is 2.77. The summed E-state index contributed by atoms with van der Waals surface area (Å²) < 4.78 is 4.95. The quantitative estimate of drug-likeness (QED) is 0.901. The summed E-state index contributed by atoms with van der Waals surface area (Å²) in [5.41, 5.74) is 1.89. The smallest absolute Gasteiger partial charge is 0.260 e. The monoisotopic (exact) mass is 279 g/mol. The minimum absolute atomic E-state index is 0.297. The van der Waals surface area contributed by atoms with E-state index in [1.807, 2.05) is 6.92 Å². The van der Waals surface area contributed by atoms with Crippen LogP contribution in [0.5, 0.6) is 0 Å². The zero-order valence-electron chi connectivity index (χ0n) is 10.7. The van der Waals surface area contributed by atoms with Crippen molar-refractivity contribution in [3.63, 3.8) is 0 Å². The Morgan fingerprint density at radius 3 is 2.84 bits per heavy atom. The van der Waals surface area contributed by atoms with Crippen molar-refractivity contribution in [2.75, 3.05) is 17.2 Å². The van der Waals surface area contributed by atoms with E-state index < -0.39 is 0 Å². The molecule has 0 aliphatic rings. The topological polar surface area (TPSA) is 67.2 Å². The fourth-order valence-corrected chi connectivity index (χ4v) is 1.82. The Labute approximate surface area is 115 Å². The molecule has 0 saturated carbocycles. The van der Waals surface area contributed by atoms with E-state index in [4.69, 9.17) is 16.1 Å². The highest BCUT2D eigenvalue weighted by Gasteiger charge is 2.14. The maximum atomic E-state index is 12.2. The molecule has 0 aliphatic heterocycles. The van der Waals surface area contributed by atoms with Crippen LogP contribution in [0.3, 0.4) is 0 Å². The molecule has 100 valence electrons. The Bertz CT molecular complexity index is 595. The van der Waals surface area contributed by atoms with E-state index in [1.165, 1.54) is 0 Å². The lowest BCUT2D eigenvalue weighted by Crippen LogP contribution is -2.14. The summed E-state index contributed by atoms with van der Waals surface area (Å²) in [7, 11) is 0. The zero-order valence-corrected chi connectivity index (χ0v) is 11.4. The first-order valence-electron chi connectivity index (χ1n) is 5.88. The molecular weight excluding hydrogens is 266 g/mol. The van der Waals surface area contributed by atoms with Crippen molar-refractivity contribution in [3.05, 3.63) is 40.5 Å². The molecule has 0 radical (unpaired) electrons. The minimum Gasteiger partial charge on any atom is -0.385 e. The van der Waals surface area contributed by atoms with Gasteiger partial charge in [-0.1, -0.05) is 16.8 Å². The van der Waals surface area contributed by atoms with E-state index in [0.717, 1.165) is 5.69 Å². The molecule has 1 heterocycles. The fraction of sp³-hybridized carbons (Fsp3) is 0.231. The highest BCUT2D eigenvalue weighted by molar-refractivity contribution is 6.31. The van der Waals surface area contributed by atoms with Crippen LogP contribution in [0.25, 0.3) is 0 Å². The molecule has 0 atom stereocenters. The van der Waals surface area contributed by atoms with E-state index in [0.29, 0.717) is 28.7 Å². The van der Waals surface area contributed by atoms with Gasteiger partial charge in [0.15, 0.2) is 0 Å². The molecule has 5 nitrogen and oxygen atoms in total. The highest BCUT2D eigenvalue weighted by Crippen LogP contribution is 2.22. The molecule has 6 heteroatoms. The van der Waals surface area contributed by atoms with E-state index in [1.54, 1.807) is 31.2 Å². The third-order valence-electron chi connectivity index (χ3n) is 2.46. The number of amides is 1. The van der Waals surface area contributed by atoms with Gasteiger partial charge in [0.25, 0.3) is 5.91 Å². The van der Waals surface area contributed by atoms with E-state index in [9.17, 15) is 4.79 Å². The number of carbonyl (C=O) groups is 1. The molecule has 0 aliphatic carbocycles. The van der Waals surface area contributed by atoms with Gasteiger partial charge in [0.1, 0.15) is 0 Å². The van der Waals surface area contributed by atoms with Crippen LogP contribution in [-0.4, -0.2) is 17.6 Å².